The minimum Gasteiger partial charge on any atom is -0.386 e. The Kier molecular flexibility index (Phi) is 7.61. The summed E-state index contributed by atoms with van der Waals surface area (Å²) in [5, 5.41) is 16.2. The van der Waals surface area contributed by atoms with Crippen LogP contribution in [0.4, 0.5) is 8.78 Å². The SMILES string of the molecule is CCNC(=NCC(O)c1ccc(Cl)s1)NCCc1cc(F)ccc1F. The van der Waals surface area contributed by atoms with E-state index < -0.39 is 17.7 Å². The summed E-state index contributed by atoms with van der Waals surface area (Å²) in [4.78, 5) is 5.05. The van der Waals surface area contributed by atoms with Crippen LogP contribution >= 0.6 is 22.9 Å². The van der Waals surface area contributed by atoms with Crippen molar-refractivity contribution in [3.63, 3.8) is 0 Å². The van der Waals surface area contributed by atoms with Crippen molar-refractivity contribution in [1.29, 1.82) is 0 Å². The highest BCUT2D eigenvalue weighted by Crippen LogP contribution is 2.26. The molecule has 136 valence electrons. The normalized spacial score (nSPS) is 12.9. The van der Waals surface area contributed by atoms with Gasteiger partial charge in [-0.2, -0.15) is 0 Å². The molecule has 1 atom stereocenters. The molecule has 25 heavy (non-hydrogen) atoms. The summed E-state index contributed by atoms with van der Waals surface area (Å²) in [5.41, 5.74) is 0.302. The van der Waals surface area contributed by atoms with E-state index in [0.29, 0.717) is 35.4 Å². The first kappa shape index (κ1) is 19.6. The van der Waals surface area contributed by atoms with Gasteiger partial charge >= 0.3 is 0 Å². The third-order valence-electron chi connectivity index (χ3n) is 3.38. The zero-order chi connectivity index (χ0) is 18.2. The van der Waals surface area contributed by atoms with Gasteiger partial charge in [0.05, 0.1) is 10.9 Å². The zero-order valence-electron chi connectivity index (χ0n) is 13.7. The number of aliphatic hydroxyl groups is 1. The maximum absolute atomic E-state index is 13.6. The number of nitrogens with one attached hydrogen (secondary N) is 2. The molecule has 0 amide bonds. The highest BCUT2D eigenvalue weighted by molar-refractivity contribution is 7.16. The van der Waals surface area contributed by atoms with E-state index in [1.165, 1.54) is 17.4 Å². The van der Waals surface area contributed by atoms with Crippen molar-refractivity contribution in [3.8, 4) is 0 Å². The van der Waals surface area contributed by atoms with Crippen LogP contribution in [0.15, 0.2) is 35.3 Å². The van der Waals surface area contributed by atoms with Crippen LogP contribution in [0.5, 0.6) is 0 Å². The molecule has 0 bridgehead atoms. The highest BCUT2D eigenvalue weighted by atomic mass is 35.5. The predicted octanol–water partition coefficient (Wildman–Crippen LogP) is 3.51. The summed E-state index contributed by atoms with van der Waals surface area (Å²) >= 11 is 7.16. The average Bonchev–Trinajstić information content (AvgIpc) is 3.02. The van der Waals surface area contributed by atoms with Crippen molar-refractivity contribution in [2.75, 3.05) is 19.6 Å². The van der Waals surface area contributed by atoms with Crippen molar-refractivity contribution in [1.82, 2.24) is 10.6 Å². The number of guanidine groups is 1. The van der Waals surface area contributed by atoms with Crippen LogP contribution in [0.1, 0.15) is 23.5 Å². The lowest BCUT2D eigenvalue weighted by Gasteiger charge is -2.13. The number of rotatable bonds is 7. The van der Waals surface area contributed by atoms with Crippen molar-refractivity contribution in [3.05, 3.63) is 56.7 Å². The molecule has 1 heterocycles. The van der Waals surface area contributed by atoms with Crippen LogP contribution in [0, 0.1) is 11.6 Å². The van der Waals surface area contributed by atoms with Gasteiger partial charge in [0, 0.05) is 18.0 Å². The van der Waals surface area contributed by atoms with Gasteiger partial charge in [-0.05, 0) is 49.2 Å². The van der Waals surface area contributed by atoms with Gasteiger partial charge in [0.15, 0.2) is 5.96 Å². The maximum Gasteiger partial charge on any atom is 0.191 e. The molecule has 0 saturated carbocycles. The first-order valence-corrected chi connectivity index (χ1v) is 9.08. The first-order chi connectivity index (χ1) is 12.0. The van der Waals surface area contributed by atoms with Crippen molar-refractivity contribution >= 4 is 28.9 Å². The van der Waals surface area contributed by atoms with Crippen LogP contribution in [-0.4, -0.2) is 30.7 Å². The molecule has 0 aliphatic heterocycles. The second-order valence-electron chi connectivity index (χ2n) is 5.29. The van der Waals surface area contributed by atoms with Gasteiger partial charge in [-0.25, -0.2) is 8.78 Å². The fraction of sp³-hybridized carbons (Fsp3) is 0.353. The minimum atomic E-state index is -0.742. The largest absolute Gasteiger partial charge is 0.386 e. The molecule has 1 aromatic heterocycles. The third kappa shape index (κ3) is 6.26. The maximum atomic E-state index is 13.6. The Balaban J connectivity index is 1.90. The second kappa shape index (κ2) is 9.70. The molecule has 8 heteroatoms. The Morgan fingerprint density at radius 2 is 2.08 bits per heavy atom. The first-order valence-electron chi connectivity index (χ1n) is 7.89. The summed E-state index contributed by atoms with van der Waals surface area (Å²) in [6, 6.07) is 6.89. The van der Waals surface area contributed by atoms with Crippen molar-refractivity contribution in [2.45, 2.75) is 19.4 Å². The number of aliphatic imine (C=N–C) groups is 1. The number of hydrogen-bond donors (Lipinski definition) is 3. The lowest BCUT2D eigenvalue weighted by atomic mass is 10.1. The Labute approximate surface area is 154 Å². The number of benzene rings is 1. The van der Waals surface area contributed by atoms with E-state index in [9.17, 15) is 13.9 Å². The highest BCUT2D eigenvalue weighted by Gasteiger charge is 2.10. The third-order valence-corrected chi connectivity index (χ3v) is 4.72. The molecular weight excluding hydrogens is 368 g/mol. The van der Waals surface area contributed by atoms with Gasteiger partial charge in [-0.3, -0.25) is 4.99 Å². The average molecular weight is 388 g/mol. The Morgan fingerprint density at radius 1 is 1.28 bits per heavy atom. The van der Waals surface area contributed by atoms with Gasteiger partial charge in [0.2, 0.25) is 0 Å². The minimum absolute atomic E-state index is 0.167. The van der Waals surface area contributed by atoms with E-state index >= 15 is 0 Å². The molecule has 0 aliphatic rings. The summed E-state index contributed by atoms with van der Waals surface area (Å²) < 4.78 is 27.4. The van der Waals surface area contributed by atoms with E-state index in [-0.39, 0.29) is 6.54 Å². The van der Waals surface area contributed by atoms with Gasteiger partial charge in [0.25, 0.3) is 0 Å². The van der Waals surface area contributed by atoms with E-state index in [0.717, 1.165) is 17.0 Å². The van der Waals surface area contributed by atoms with Crippen LogP contribution < -0.4 is 10.6 Å². The molecule has 0 aliphatic carbocycles. The van der Waals surface area contributed by atoms with Gasteiger partial charge in [-0.1, -0.05) is 11.6 Å². The quantitative estimate of drug-likeness (QED) is 0.503. The number of halogens is 3. The number of aliphatic hydroxyl groups excluding tert-OH is 1. The van der Waals surface area contributed by atoms with Gasteiger partial charge in [-0.15, -0.1) is 11.3 Å². The lowest BCUT2D eigenvalue weighted by molar-refractivity contribution is 0.191. The molecule has 4 nitrogen and oxygen atoms in total. The Hall–Kier alpha value is -1.70. The molecule has 1 aromatic carbocycles. The summed E-state index contributed by atoms with van der Waals surface area (Å²) in [6.45, 7) is 3.10. The monoisotopic (exact) mass is 387 g/mol. The second-order valence-corrected chi connectivity index (χ2v) is 7.04. The fourth-order valence-corrected chi connectivity index (χ4v) is 3.21. The van der Waals surface area contributed by atoms with Crippen LogP contribution in [0.25, 0.3) is 0 Å². The van der Waals surface area contributed by atoms with E-state index in [1.54, 1.807) is 12.1 Å². The molecule has 0 spiro atoms. The van der Waals surface area contributed by atoms with Crippen molar-refractivity contribution in [2.24, 2.45) is 4.99 Å². The van der Waals surface area contributed by atoms with E-state index in [1.807, 2.05) is 6.92 Å². The summed E-state index contributed by atoms with van der Waals surface area (Å²) in [6.07, 6.45) is -0.425. The fourth-order valence-electron chi connectivity index (χ4n) is 2.17. The van der Waals surface area contributed by atoms with Crippen LogP contribution in [-0.2, 0) is 6.42 Å². The molecule has 2 aromatic rings. The van der Waals surface area contributed by atoms with E-state index in [4.69, 9.17) is 11.6 Å². The van der Waals surface area contributed by atoms with Crippen LogP contribution in [0.3, 0.4) is 0 Å². The van der Waals surface area contributed by atoms with Crippen molar-refractivity contribution < 1.29 is 13.9 Å². The zero-order valence-corrected chi connectivity index (χ0v) is 15.3. The Morgan fingerprint density at radius 3 is 2.76 bits per heavy atom. The molecule has 0 fully saturated rings. The summed E-state index contributed by atoms with van der Waals surface area (Å²) in [7, 11) is 0. The smallest absolute Gasteiger partial charge is 0.191 e. The molecule has 0 radical (unpaired) electrons. The number of nitrogens with zero attached hydrogens (tertiary/aromatic N) is 1. The standard InChI is InChI=1S/C17H20ClF2N3OS/c1-2-21-17(23-10-14(24)15-5-6-16(18)25-15)22-8-7-11-9-12(19)3-4-13(11)20/h3-6,9,14,24H,2,7-8,10H2,1H3,(H2,21,22,23). The number of hydrogen-bond acceptors (Lipinski definition) is 3. The molecule has 0 saturated heterocycles. The topological polar surface area (TPSA) is 56.7 Å². The van der Waals surface area contributed by atoms with Gasteiger partial charge in [0.1, 0.15) is 17.7 Å². The molecular formula is C17H20ClF2N3OS. The van der Waals surface area contributed by atoms with E-state index in [2.05, 4.69) is 15.6 Å². The molecule has 3 N–H and O–H groups in total. The summed E-state index contributed by atoms with van der Waals surface area (Å²) in [5.74, 6) is -0.397. The lowest BCUT2D eigenvalue weighted by Crippen LogP contribution is -2.38. The van der Waals surface area contributed by atoms with Gasteiger partial charge < -0.3 is 15.7 Å². The predicted molar refractivity (Wildman–Crippen MR) is 98.3 cm³/mol. The molecule has 2 rings (SSSR count). The molecule has 1 unspecified atom stereocenters. The number of thiophene rings is 1. The Bertz CT molecular complexity index is 724. The van der Waals surface area contributed by atoms with Crippen LogP contribution in [0.2, 0.25) is 4.34 Å².